The molecule has 166 valence electrons. The van der Waals surface area contributed by atoms with Gasteiger partial charge in [0.1, 0.15) is 11.4 Å². The summed E-state index contributed by atoms with van der Waals surface area (Å²) < 4.78 is 12.1. The highest BCUT2D eigenvalue weighted by Crippen LogP contribution is 2.88. The average Bonchev–Trinajstić information content (AvgIpc) is 3.18. The van der Waals surface area contributed by atoms with Gasteiger partial charge in [0, 0.05) is 22.2 Å². The minimum absolute atomic E-state index is 0.0253. The predicted molar refractivity (Wildman–Crippen MR) is 107 cm³/mol. The molecular weight excluding hydrogens is 396 g/mol. The first-order valence-electron chi connectivity index (χ1n) is 11.9. The smallest absolute Gasteiger partial charge is 0.318 e. The number of esters is 2. The van der Waals surface area contributed by atoms with Gasteiger partial charge >= 0.3 is 11.9 Å². The molecule has 0 aromatic carbocycles. The van der Waals surface area contributed by atoms with Crippen LogP contribution in [0.4, 0.5) is 0 Å². The summed E-state index contributed by atoms with van der Waals surface area (Å²) in [5, 5.41) is 10.7. The van der Waals surface area contributed by atoms with Gasteiger partial charge in [-0.05, 0) is 56.8 Å². The summed E-state index contributed by atoms with van der Waals surface area (Å²) in [5.41, 5.74) is -2.36. The number of hydrogen-bond donors (Lipinski definition) is 1. The van der Waals surface area contributed by atoms with Crippen molar-refractivity contribution in [3.05, 3.63) is 12.2 Å². The molecule has 0 unspecified atom stereocenters. The van der Waals surface area contributed by atoms with Crippen LogP contribution in [-0.2, 0) is 23.9 Å². The van der Waals surface area contributed by atoms with E-state index in [1.54, 1.807) is 6.92 Å². The zero-order valence-corrected chi connectivity index (χ0v) is 18.3. The Bertz CT molecular complexity index is 1000. The van der Waals surface area contributed by atoms with Crippen LogP contribution >= 0.6 is 0 Å². The Hall–Kier alpha value is -1.53. The Morgan fingerprint density at radius 2 is 1.81 bits per heavy atom. The number of carbonyl (C=O) groups is 3. The Balaban J connectivity index is 1.53. The molecule has 2 heterocycles. The van der Waals surface area contributed by atoms with Crippen LogP contribution in [0.3, 0.4) is 0 Å². The monoisotopic (exact) mass is 426 g/mol. The van der Waals surface area contributed by atoms with E-state index in [1.165, 1.54) is 0 Å². The van der Waals surface area contributed by atoms with Crippen molar-refractivity contribution >= 4 is 17.7 Å². The number of fused-ring (bicyclic) bond motifs is 1. The van der Waals surface area contributed by atoms with Gasteiger partial charge in [0.25, 0.3) is 0 Å². The zero-order chi connectivity index (χ0) is 21.8. The van der Waals surface area contributed by atoms with Crippen molar-refractivity contribution in [1.29, 1.82) is 0 Å². The third-order valence-corrected chi connectivity index (χ3v) is 11.6. The number of hydrogen-bond acceptors (Lipinski definition) is 6. The van der Waals surface area contributed by atoms with Crippen molar-refractivity contribution in [2.75, 3.05) is 0 Å². The third-order valence-electron chi connectivity index (χ3n) is 11.6. The van der Waals surface area contributed by atoms with Crippen molar-refractivity contribution in [2.45, 2.75) is 77.1 Å². The van der Waals surface area contributed by atoms with Crippen molar-refractivity contribution in [3.8, 4) is 0 Å². The number of rotatable bonds is 1. The van der Waals surface area contributed by atoms with E-state index in [0.29, 0.717) is 12.8 Å². The molecular formula is C25H30O6. The maximum Gasteiger partial charge on any atom is 0.318 e. The topological polar surface area (TPSA) is 93.2 Å². The molecule has 1 N–H and O–H groups in total. The van der Waals surface area contributed by atoms with E-state index in [1.807, 2.05) is 0 Å². The van der Waals surface area contributed by atoms with Crippen LogP contribution in [0, 0.1) is 45.3 Å². The van der Waals surface area contributed by atoms with Gasteiger partial charge in [-0.1, -0.05) is 26.0 Å². The largest absolute Gasteiger partial charge is 0.393 e. The minimum Gasteiger partial charge on any atom is -0.393 e. The molecule has 8 rings (SSSR count). The number of ether oxygens (including phenoxy) is 2. The lowest BCUT2D eigenvalue weighted by Crippen LogP contribution is -2.77. The fourth-order valence-corrected chi connectivity index (χ4v) is 10.7. The normalized spacial score (nSPS) is 62.3. The maximum atomic E-state index is 13.3. The van der Waals surface area contributed by atoms with Crippen molar-refractivity contribution in [1.82, 2.24) is 0 Å². The van der Waals surface area contributed by atoms with E-state index >= 15 is 0 Å². The number of aliphatic hydroxyl groups excluding tert-OH is 1. The molecule has 6 nitrogen and oxygen atoms in total. The van der Waals surface area contributed by atoms with E-state index < -0.39 is 46.3 Å². The average molecular weight is 427 g/mol. The number of allylic oxidation sites excluding steroid dienone is 1. The van der Waals surface area contributed by atoms with Crippen LogP contribution in [0.2, 0.25) is 0 Å². The summed E-state index contributed by atoms with van der Waals surface area (Å²) in [7, 11) is 0. The first-order chi connectivity index (χ1) is 14.6. The molecule has 0 aromatic heterocycles. The highest BCUT2D eigenvalue weighted by atomic mass is 16.6. The first kappa shape index (κ1) is 19.0. The van der Waals surface area contributed by atoms with Crippen LogP contribution in [0.5, 0.6) is 0 Å². The highest BCUT2D eigenvalue weighted by molar-refractivity contribution is 5.99. The van der Waals surface area contributed by atoms with Crippen LogP contribution in [0.25, 0.3) is 0 Å². The summed E-state index contributed by atoms with van der Waals surface area (Å²) in [6, 6.07) is 0. The molecule has 4 saturated carbocycles. The van der Waals surface area contributed by atoms with Gasteiger partial charge < -0.3 is 14.6 Å². The highest BCUT2D eigenvalue weighted by Gasteiger charge is 2.94. The van der Waals surface area contributed by atoms with E-state index in [4.69, 9.17) is 9.47 Å². The lowest BCUT2D eigenvalue weighted by atomic mass is 9.27. The van der Waals surface area contributed by atoms with Crippen LogP contribution in [-0.4, -0.2) is 40.6 Å². The number of ketones is 1. The lowest BCUT2D eigenvalue weighted by molar-refractivity contribution is -0.236. The first-order valence-corrected chi connectivity index (χ1v) is 11.9. The summed E-state index contributed by atoms with van der Waals surface area (Å²) in [6.45, 7) is 6.14. The maximum absolute atomic E-state index is 13.3. The second-order valence-corrected chi connectivity index (χ2v) is 12.1. The molecule has 2 bridgehead atoms. The number of aliphatic hydroxyl groups is 1. The Morgan fingerprint density at radius 3 is 2.55 bits per heavy atom. The number of Topliss-reactive ketones (excluding diaryl/α,β-unsaturated/α-hetero) is 1. The molecule has 8 aliphatic rings. The molecule has 31 heavy (non-hydrogen) atoms. The van der Waals surface area contributed by atoms with E-state index in [9.17, 15) is 19.5 Å². The fourth-order valence-electron chi connectivity index (χ4n) is 10.7. The van der Waals surface area contributed by atoms with Crippen LogP contribution < -0.4 is 0 Å². The Morgan fingerprint density at radius 1 is 1.06 bits per heavy atom. The molecule has 6 heteroatoms. The number of epoxide rings is 1. The van der Waals surface area contributed by atoms with Crippen molar-refractivity contribution in [3.63, 3.8) is 0 Å². The van der Waals surface area contributed by atoms with Gasteiger partial charge in [0.15, 0.2) is 0 Å². The summed E-state index contributed by atoms with van der Waals surface area (Å²) in [6.07, 6.45) is 8.29. The Kier molecular flexibility index (Phi) is 3.07. The molecule has 0 aromatic rings. The van der Waals surface area contributed by atoms with E-state index in [0.717, 1.165) is 25.7 Å². The predicted octanol–water partition coefficient (Wildman–Crippen LogP) is 2.57. The van der Waals surface area contributed by atoms with Crippen LogP contribution in [0.1, 0.15) is 59.3 Å². The molecule has 6 fully saturated rings. The molecule has 0 radical (unpaired) electrons. The molecule has 2 saturated heterocycles. The van der Waals surface area contributed by atoms with Crippen molar-refractivity contribution in [2.24, 2.45) is 45.3 Å². The van der Waals surface area contributed by atoms with Gasteiger partial charge in [0.05, 0.1) is 24.0 Å². The molecule has 2 aliphatic heterocycles. The lowest BCUT2D eigenvalue weighted by Gasteiger charge is -2.72. The summed E-state index contributed by atoms with van der Waals surface area (Å²) >= 11 is 0. The molecule has 11 atom stereocenters. The van der Waals surface area contributed by atoms with E-state index in [2.05, 4.69) is 26.0 Å². The van der Waals surface area contributed by atoms with Crippen LogP contribution in [0.15, 0.2) is 12.2 Å². The summed E-state index contributed by atoms with van der Waals surface area (Å²) in [4.78, 5) is 39.1. The zero-order valence-electron chi connectivity index (χ0n) is 18.3. The Labute approximate surface area is 181 Å². The second kappa shape index (κ2) is 5.01. The van der Waals surface area contributed by atoms with Gasteiger partial charge in [-0.2, -0.15) is 0 Å². The quantitative estimate of drug-likeness (QED) is 0.300. The number of carbonyl (C=O) groups excluding carboxylic acids is 3. The van der Waals surface area contributed by atoms with Gasteiger partial charge in [0.2, 0.25) is 0 Å². The number of cyclic esters (lactones) is 2. The minimum atomic E-state index is -0.624. The molecule has 6 aliphatic carbocycles. The van der Waals surface area contributed by atoms with Gasteiger partial charge in [-0.15, -0.1) is 0 Å². The van der Waals surface area contributed by atoms with Crippen molar-refractivity contribution < 1.29 is 29.0 Å². The molecule has 3 spiro atoms. The fraction of sp³-hybridized carbons (Fsp3) is 0.800. The SMILES string of the molecule is CC(=O)[C@H]1CC[C@@H]2[C@]1(C)C[C@@H]1O[C@@]13[C@@]21C=C[C@]2(C[C@@H](O)CC[C@]32C)[C@H]2C(=O)OC(=O)[C@@H]21. The van der Waals surface area contributed by atoms with Gasteiger partial charge in [-0.3, -0.25) is 14.4 Å². The summed E-state index contributed by atoms with van der Waals surface area (Å²) in [5.74, 6) is -1.74. The van der Waals surface area contributed by atoms with E-state index in [-0.39, 0.29) is 34.6 Å². The standard InChI is InChI=1S/C25H30O6/c1-12(26)14-4-5-15-21(14,2)11-16-25(31-16)22(3)7-6-13(27)10-23(22)8-9-24(15,25)18-17(23)19(28)30-20(18)29/h8-9,13-18,27H,4-7,10-11H2,1-3H3/t13-,14+,15+,16-,17+,18+,21+,22-,23-,24-,25-/m0/s1. The molecule has 0 amide bonds. The second-order valence-electron chi connectivity index (χ2n) is 12.1. The van der Waals surface area contributed by atoms with Gasteiger partial charge in [-0.25, -0.2) is 0 Å². The third kappa shape index (κ3) is 1.58.